The monoisotopic (exact) mass is 403 g/mol. The molecular weight excluding hydrogens is 386 g/mol. The highest BCUT2D eigenvalue weighted by Gasteiger charge is 2.36. The van der Waals surface area contributed by atoms with Crippen molar-refractivity contribution in [3.63, 3.8) is 0 Å². The molecule has 2 aliphatic heterocycles. The smallest absolute Gasteiger partial charge is 0.294 e. The minimum atomic E-state index is -0.509. The molecule has 2 heterocycles. The van der Waals surface area contributed by atoms with Gasteiger partial charge in [-0.25, -0.2) is 0 Å². The van der Waals surface area contributed by atoms with E-state index in [4.69, 9.17) is 4.74 Å². The third-order valence-electron chi connectivity index (χ3n) is 4.17. The van der Waals surface area contributed by atoms with Crippen LogP contribution in [-0.2, 0) is 14.3 Å². The molecule has 0 saturated carbocycles. The SMILES string of the molecule is O=C(CN1C(=O)S/C(=C\C=C\c2ccc([N+](=O)[O-])cc2)C1=O)N1CCOCC1. The highest BCUT2D eigenvalue weighted by atomic mass is 32.2. The molecule has 9 nitrogen and oxygen atoms in total. The summed E-state index contributed by atoms with van der Waals surface area (Å²) in [5, 5.41) is 10.2. The van der Waals surface area contributed by atoms with Gasteiger partial charge in [0.1, 0.15) is 6.54 Å². The number of thioether (sulfide) groups is 1. The lowest BCUT2D eigenvalue weighted by Crippen LogP contribution is -2.46. The minimum Gasteiger partial charge on any atom is -0.378 e. The molecule has 10 heteroatoms. The zero-order valence-corrected chi connectivity index (χ0v) is 15.6. The number of rotatable bonds is 5. The van der Waals surface area contributed by atoms with Crippen molar-refractivity contribution >= 4 is 40.6 Å². The summed E-state index contributed by atoms with van der Waals surface area (Å²) in [5.41, 5.74) is 0.701. The fourth-order valence-corrected chi connectivity index (χ4v) is 3.44. The fourth-order valence-electron chi connectivity index (χ4n) is 2.65. The van der Waals surface area contributed by atoms with E-state index < -0.39 is 16.1 Å². The molecule has 3 amide bonds. The van der Waals surface area contributed by atoms with Crippen LogP contribution in [0.1, 0.15) is 5.56 Å². The summed E-state index contributed by atoms with van der Waals surface area (Å²) in [7, 11) is 0. The number of amides is 3. The maximum atomic E-state index is 12.4. The standard InChI is InChI=1S/C18H17N3O6S/c22-16(19-8-10-27-11-9-19)12-20-17(23)15(28-18(20)24)3-1-2-13-4-6-14(7-5-13)21(25)26/h1-7H,8-12H2/b2-1+,15-3-. The summed E-state index contributed by atoms with van der Waals surface area (Å²) in [6.45, 7) is 1.50. The Balaban J connectivity index is 1.61. The minimum absolute atomic E-state index is 0.0109. The van der Waals surface area contributed by atoms with Gasteiger partial charge in [-0.05, 0) is 35.5 Å². The van der Waals surface area contributed by atoms with Gasteiger partial charge in [-0.15, -0.1) is 0 Å². The van der Waals surface area contributed by atoms with E-state index in [1.807, 2.05) is 0 Å². The molecular formula is C18H17N3O6S. The molecule has 1 aromatic rings. The summed E-state index contributed by atoms with van der Waals surface area (Å²) < 4.78 is 5.18. The molecule has 3 rings (SSSR count). The Morgan fingerprint density at radius 3 is 2.54 bits per heavy atom. The van der Waals surface area contributed by atoms with Crippen LogP contribution in [0.25, 0.3) is 6.08 Å². The fraction of sp³-hybridized carbons (Fsp3) is 0.278. The molecule has 0 spiro atoms. The van der Waals surface area contributed by atoms with Gasteiger partial charge in [0.05, 0.1) is 23.0 Å². The van der Waals surface area contributed by atoms with Crippen LogP contribution in [0.15, 0.2) is 41.3 Å². The number of hydrogen-bond acceptors (Lipinski definition) is 7. The normalized spacial score (nSPS) is 19.1. The molecule has 0 radical (unpaired) electrons. The molecule has 0 unspecified atom stereocenters. The largest absolute Gasteiger partial charge is 0.378 e. The van der Waals surface area contributed by atoms with Crippen molar-refractivity contribution in [1.82, 2.24) is 9.80 Å². The van der Waals surface area contributed by atoms with Gasteiger partial charge < -0.3 is 9.64 Å². The van der Waals surface area contributed by atoms with Crippen LogP contribution in [0, 0.1) is 10.1 Å². The van der Waals surface area contributed by atoms with E-state index in [9.17, 15) is 24.5 Å². The zero-order chi connectivity index (χ0) is 20.1. The van der Waals surface area contributed by atoms with Crippen LogP contribution < -0.4 is 0 Å². The predicted octanol–water partition coefficient (Wildman–Crippen LogP) is 2.05. The quantitative estimate of drug-likeness (QED) is 0.420. The second-order valence-corrected chi connectivity index (χ2v) is 6.98. The Morgan fingerprint density at radius 1 is 1.21 bits per heavy atom. The van der Waals surface area contributed by atoms with E-state index in [1.165, 1.54) is 18.2 Å². The molecule has 0 bridgehead atoms. The van der Waals surface area contributed by atoms with Crippen LogP contribution in [0.3, 0.4) is 0 Å². The molecule has 2 saturated heterocycles. The number of imide groups is 1. The molecule has 0 atom stereocenters. The number of non-ortho nitro benzene ring substituents is 1. The van der Waals surface area contributed by atoms with Crippen LogP contribution in [0.2, 0.25) is 0 Å². The highest BCUT2D eigenvalue weighted by Crippen LogP contribution is 2.30. The first kappa shape index (κ1) is 19.8. The second kappa shape index (κ2) is 8.81. The van der Waals surface area contributed by atoms with E-state index in [0.29, 0.717) is 31.9 Å². The second-order valence-electron chi connectivity index (χ2n) is 5.99. The Labute approximate surface area is 164 Å². The molecule has 0 aliphatic carbocycles. The lowest BCUT2D eigenvalue weighted by atomic mass is 10.2. The molecule has 0 aromatic heterocycles. The lowest BCUT2D eigenvalue weighted by Gasteiger charge is -2.27. The predicted molar refractivity (Wildman–Crippen MR) is 102 cm³/mol. The lowest BCUT2D eigenvalue weighted by molar-refractivity contribution is -0.384. The molecule has 2 fully saturated rings. The Hall–Kier alpha value is -2.98. The number of ether oxygens (including phenoxy) is 1. The Kier molecular flexibility index (Phi) is 6.22. The van der Waals surface area contributed by atoms with E-state index in [2.05, 4.69) is 0 Å². The summed E-state index contributed by atoms with van der Waals surface area (Å²) in [4.78, 5) is 49.7. The number of nitro benzene ring substituents is 1. The van der Waals surface area contributed by atoms with Crippen LogP contribution in [-0.4, -0.2) is 64.6 Å². The van der Waals surface area contributed by atoms with Gasteiger partial charge in [0.15, 0.2) is 0 Å². The van der Waals surface area contributed by atoms with Crippen LogP contribution >= 0.6 is 11.8 Å². The number of nitrogens with zero attached hydrogens (tertiary/aromatic N) is 3. The van der Waals surface area contributed by atoms with Gasteiger partial charge in [0.25, 0.3) is 16.8 Å². The number of carbonyl (C=O) groups excluding carboxylic acids is 3. The van der Waals surface area contributed by atoms with Crippen LogP contribution in [0.5, 0.6) is 0 Å². The number of morpholine rings is 1. The average molecular weight is 403 g/mol. The summed E-state index contributed by atoms with van der Waals surface area (Å²) in [5.74, 6) is -0.793. The number of allylic oxidation sites excluding steroid dienone is 2. The van der Waals surface area contributed by atoms with Crippen molar-refractivity contribution in [3.05, 3.63) is 57.0 Å². The van der Waals surface area contributed by atoms with Crippen molar-refractivity contribution in [1.29, 1.82) is 0 Å². The number of carbonyl (C=O) groups is 3. The van der Waals surface area contributed by atoms with Crippen molar-refractivity contribution in [2.45, 2.75) is 0 Å². The number of benzene rings is 1. The molecule has 0 N–H and O–H groups in total. The molecule has 146 valence electrons. The maximum Gasteiger partial charge on any atom is 0.294 e. The van der Waals surface area contributed by atoms with E-state index in [0.717, 1.165) is 16.7 Å². The number of hydrogen-bond donors (Lipinski definition) is 0. The topological polar surface area (TPSA) is 110 Å². The maximum absolute atomic E-state index is 12.4. The van der Waals surface area contributed by atoms with Gasteiger partial charge in [-0.2, -0.15) is 0 Å². The Bertz CT molecular complexity index is 859. The summed E-state index contributed by atoms with van der Waals surface area (Å²) in [6.07, 6.45) is 4.74. The van der Waals surface area contributed by atoms with Crippen molar-refractivity contribution in [3.8, 4) is 0 Å². The van der Waals surface area contributed by atoms with Gasteiger partial charge in [0.2, 0.25) is 5.91 Å². The molecule has 2 aliphatic rings. The van der Waals surface area contributed by atoms with Gasteiger partial charge >= 0.3 is 0 Å². The van der Waals surface area contributed by atoms with Crippen molar-refractivity contribution < 1.29 is 24.0 Å². The average Bonchev–Trinajstić information content (AvgIpc) is 2.96. The van der Waals surface area contributed by atoms with E-state index in [-0.39, 0.29) is 23.0 Å². The van der Waals surface area contributed by atoms with Crippen molar-refractivity contribution in [2.24, 2.45) is 0 Å². The summed E-state index contributed by atoms with van der Waals surface area (Å²) >= 11 is 0.774. The third-order valence-corrected chi connectivity index (χ3v) is 5.10. The third kappa shape index (κ3) is 4.65. The summed E-state index contributed by atoms with van der Waals surface area (Å²) in [6, 6.07) is 5.92. The van der Waals surface area contributed by atoms with E-state index in [1.54, 1.807) is 29.2 Å². The molecule has 28 heavy (non-hydrogen) atoms. The number of nitro groups is 1. The van der Waals surface area contributed by atoms with Gasteiger partial charge in [-0.1, -0.05) is 12.2 Å². The first-order valence-electron chi connectivity index (χ1n) is 8.48. The van der Waals surface area contributed by atoms with Crippen molar-refractivity contribution in [2.75, 3.05) is 32.8 Å². The molecule has 1 aromatic carbocycles. The zero-order valence-electron chi connectivity index (χ0n) is 14.8. The first-order chi connectivity index (χ1) is 13.5. The Morgan fingerprint density at radius 2 is 1.89 bits per heavy atom. The van der Waals surface area contributed by atoms with Gasteiger partial charge in [-0.3, -0.25) is 29.4 Å². The highest BCUT2D eigenvalue weighted by molar-refractivity contribution is 8.18. The van der Waals surface area contributed by atoms with Gasteiger partial charge in [0, 0.05) is 25.2 Å². The first-order valence-corrected chi connectivity index (χ1v) is 9.29. The van der Waals surface area contributed by atoms with E-state index >= 15 is 0 Å². The van der Waals surface area contributed by atoms with Crippen LogP contribution in [0.4, 0.5) is 10.5 Å².